The topological polar surface area (TPSA) is 73.9 Å². The molecule has 148 valence electrons. The summed E-state index contributed by atoms with van der Waals surface area (Å²) in [6, 6.07) is 16.6. The third-order valence-electron chi connectivity index (χ3n) is 4.41. The Balaban J connectivity index is 1.35. The molecule has 0 saturated heterocycles. The van der Waals surface area contributed by atoms with Gasteiger partial charge in [0, 0.05) is 4.88 Å². The number of benzene rings is 2. The van der Waals surface area contributed by atoms with Crippen molar-refractivity contribution in [3.05, 3.63) is 75.5 Å². The molecule has 1 aromatic heterocycles. The van der Waals surface area contributed by atoms with Gasteiger partial charge in [0.1, 0.15) is 11.5 Å². The number of anilines is 1. The minimum atomic E-state index is -0.431. The summed E-state index contributed by atoms with van der Waals surface area (Å²) in [7, 11) is 0. The second-order valence-electron chi connectivity index (χ2n) is 6.55. The largest absolute Gasteiger partial charge is 0.457 e. The molecule has 7 heteroatoms. The van der Waals surface area contributed by atoms with Gasteiger partial charge in [-0.05, 0) is 36.2 Å². The first-order valence-corrected chi connectivity index (χ1v) is 9.90. The van der Waals surface area contributed by atoms with Crippen LogP contribution in [0.25, 0.3) is 0 Å². The van der Waals surface area contributed by atoms with E-state index in [0.29, 0.717) is 22.1 Å². The second-order valence-corrected chi connectivity index (χ2v) is 7.81. The number of carbonyl (C=O) groups is 2. The van der Waals surface area contributed by atoms with Crippen LogP contribution in [0.15, 0.2) is 54.6 Å². The normalized spacial score (nSPS) is 11.9. The molecule has 0 spiro atoms. The zero-order valence-electron chi connectivity index (χ0n) is 15.8. The molecular formula is C22H19NO5S. The molecule has 29 heavy (non-hydrogen) atoms. The quantitative estimate of drug-likeness (QED) is 0.614. The van der Waals surface area contributed by atoms with Crippen molar-refractivity contribution < 1.29 is 23.8 Å². The smallest absolute Gasteiger partial charge is 0.348 e. The molecule has 0 unspecified atom stereocenters. The fourth-order valence-corrected chi connectivity index (χ4v) is 3.80. The highest BCUT2D eigenvalue weighted by Crippen LogP contribution is 2.33. The summed E-state index contributed by atoms with van der Waals surface area (Å²) in [5, 5.41) is 2.87. The first-order chi connectivity index (χ1) is 14.1. The summed E-state index contributed by atoms with van der Waals surface area (Å²) in [5.74, 6) is 0.774. The van der Waals surface area contributed by atoms with E-state index in [1.54, 1.807) is 18.2 Å². The van der Waals surface area contributed by atoms with Crippen LogP contribution in [0.3, 0.4) is 0 Å². The summed E-state index contributed by atoms with van der Waals surface area (Å²) < 4.78 is 16.0. The number of amides is 1. The minimum Gasteiger partial charge on any atom is -0.457 e. The highest BCUT2D eigenvalue weighted by molar-refractivity contribution is 7.14. The number of fused-ring (bicyclic) bond motifs is 1. The average Bonchev–Trinajstić information content (AvgIpc) is 3.33. The lowest BCUT2D eigenvalue weighted by Crippen LogP contribution is -2.14. The lowest BCUT2D eigenvalue weighted by molar-refractivity contribution is -0.115. The van der Waals surface area contributed by atoms with Crippen molar-refractivity contribution in [2.45, 2.75) is 20.0 Å². The van der Waals surface area contributed by atoms with Crippen molar-refractivity contribution in [2.24, 2.45) is 0 Å². The van der Waals surface area contributed by atoms with E-state index in [-0.39, 0.29) is 25.7 Å². The van der Waals surface area contributed by atoms with Gasteiger partial charge in [-0.25, -0.2) is 4.79 Å². The lowest BCUT2D eigenvalue weighted by Gasteiger charge is -2.05. The summed E-state index contributed by atoms with van der Waals surface area (Å²) in [6.45, 7) is 2.19. The Morgan fingerprint density at radius 3 is 2.66 bits per heavy atom. The van der Waals surface area contributed by atoms with Crippen molar-refractivity contribution >= 4 is 28.9 Å². The molecule has 0 atom stereocenters. The molecule has 0 aliphatic carbocycles. The van der Waals surface area contributed by atoms with Crippen LogP contribution in [-0.2, 0) is 22.6 Å². The summed E-state index contributed by atoms with van der Waals surface area (Å²) in [5.41, 5.74) is 2.37. The van der Waals surface area contributed by atoms with E-state index in [0.717, 1.165) is 16.0 Å². The fourth-order valence-electron chi connectivity index (χ4n) is 2.93. The van der Waals surface area contributed by atoms with Crippen LogP contribution in [0.5, 0.6) is 11.5 Å². The van der Waals surface area contributed by atoms with Crippen LogP contribution in [0.1, 0.15) is 25.7 Å². The number of carbonyl (C=O) groups excluding carboxylic acids is 2. The van der Waals surface area contributed by atoms with Gasteiger partial charge in [-0.3, -0.25) is 4.79 Å². The molecule has 1 aliphatic heterocycles. The molecule has 0 bridgehead atoms. The van der Waals surface area contributed by atoms with Crippen LogP contribution in [0, 0.1) is 6.92 Å². The van der Waals surface area contributed by atoms with Gasteiger partial charge in [0.05, 0.1) is 12.1 Å². The number of nitrogens with one attached hydrogen (secondary N) is 1. The first kappa shape index (κ1) is 19.0. The van der Waals surface area contributed by atoms with Crippen molar-refractivity contribution in [2.75, 3.05) is 12.1 Å². The van der Waals surface area contributed by atoms with Gasteiger partial charge < -0.3 is 19.5 Å². The number of esters is 1. The number of ether oxygens (including phenoxy) is 3. The molecule has 4 rings (SSSR count). The maximum Gasteiger partial charge on any atom is 0.348 e. The Bertz CT molecular complexity index is 1040. The van der Waals surface area contributed by atoms with Crippen LogP contribution < -0.4 is 14.8 Å². The zero-order chi connectivity index (χ0) is 20.2. The van der Waals surface area contributed by atoms with Crippen molar-refractivity contribution in [1.29, 1.82) is 0 Å². The molecule has 1 aliphatic rings. The van der Waals surface area contributed by atoms with Gasteiger partial charge in [-0.15, -0.1) is 11.3 Å². The van der Waals surface area contributed by atoms with Gasteiger partial charge in [0.2, 0.25) is 12.7 Å². The molecule has 0 fully saturated rings. The van der Waals surface area contributed by atoms with Crippen LogP contribution in [0.2, 0.25) is 0 Å². The van der Waals surface area contributed by atoms with Gasteiger partial charge in [0.15, 0.2) is 11.5 Å². The third-order valence-corrected chi connectivity index (χ3v) is 5.44. The van der Waals surface area contributed by atoms with Crippen LogP contribution in [-0.4, -0.2) is 18.7 Å². The molecule has 3 aromatic rings. The van der Waals surface area contributed by atoms with Crippen molar-refractivity contribution in [3.63, 3.8) is 0 Å². The molecule has 0 radical (unpaired) electrons. The lowest BCUT2D eigenvalue weighted by atomic mass is 10.1. The number of rotatable bonds is 6. The van der Waals surface area contributed by atoms with E-state index in [1.165, 1.54) is 11.3 Å². The Morgan fingerprint density at radius 2 is 1.83 bits per heavy atom. The van der Waals surface area contributed by atoms with E-state index in [9.17, 15) is 9.59 Å². The highest BCUT2D eigenvalue weighted by atomic mass is 32.1. The predicted octanol–water partition coefficient (Wildman–Crippen LogP) is 4.32. The molecule has 1 amide bonds. The Labute approximate surface area is 172 Å². The Hall–Kier alpha value is -3.32. The molecule has 2 aromatic carbocycles. The number of thiophene rings is 1. The van der Waals surface area contributed by atoms with Crippen LogP contribution >= 0.6 is 11.3 Å². The van der Waals surface area contributed by atoms with E-state index in [4.69, 9.17) is 14.2 Å². The molecular weight excluding hydrogens is 390 g/mol. The van der Waals surface area contributed by atoms with Crippen molar-refractivity contribution in [3.8, 4) is 11.5 Å². The standard InChI is InChI=1S/C22H19NO5S/c1-14-17(23-21(24)10-15-5-3-2-4-6-15)11-20(29-14)22(25)26-12-16-7-8-18-19(9-16)28-13-27-18/h2-9,11H,10,12-13H2,1H3,(H,23,24). The molecule has 2 heterocycles. The molecule has 0 saturated carbocycles. The predicted molar refractivity (Wildman–Crippen MR) is 110 cm³/mol. The van der Waals surface area contributed by atoms with Gasteiger partial charge >= 0.3 is 5.97 Å². The maximum atomic E-state index is 12.4. The van der Waals surface area contributed by atoms with Gasteiger partial charge in [0.25, 0.3) is 0 Å². The summed E-state index contributed by atoms with van der Waals surface area (Å²) >= 11 is 1.29. The number of aryl methyl sites for hydroxylation is 1. The van der Waals surface area contributed by atoms with Gasteiger partial charge in [-0.1, -0.05) is 36.4 Å². The van der Waals surface area contributed by atoms with E-state index >= 15 is 0 Å². The zero-order valence-corrected chi connectivity index (χ0v) is 16.6. The fraction of sp³-hybridized carbons (Fsp3) is 0.182. The molecule has 1 N–H and O–H groups in total. The summed E-state index contributed by atoms with van der Waals surface area (Å²) in [6.07, 6.45) is 0.278. The average molecular weight is 409 g/mol. The maximum absolute atomic E-state index is 12.4. The highest BCUT2D eigenvalue weighted by Gasteiger charge is 2.17. The Kier molecular flexibility index (Phi) is 5.48. The second kappa shape index (κ2) is 8.36. The Morgan fingerprint density at radius 1 is 1.03 bits per heavy atom. The summed E-state index contributed by atoms with van der Waals surface area (Å²) in [4.78, 5) is 26.0. The minimum absolute atomic E-state index is 0.127. The first-order valence-electron chi connectivity index (χ1n) is 9.08. The van der Waals surface area contributed by atoms with E-state index in [1.807, 2.05) is 43.3 Å². The van der Waals surface area contributed by atoms with E-state index in [2.05, 4.69) is 5.32 Å². The van der Waals surface area contributed by atoms with E-state index < -0.39 is 5.97 Å². The van der Waals surface area contributed by atoms with Crippen molar-refractivity contribution in [1.82, 2.24) is 0 Å². The number of hydrogen-bond donors (Lipinski definition) is 1. The number of hydrogen-bond acceptors (Lipinski definition) is 6. The van der Waals surface area contributed by atoms with Crippen LogP contribution in [0.4, 0.5) is 5.69 Å². The molecule has 6 nitrogen and oxygen atoms in total. The SMILES string of the molecule is Cc1sc(C(=O)OCc2ccc3c(c2)OCO3)cc1NC(=O)Cc1ccccc1. The third kappa shape index (κ3) is 4.57. The van der Waals surface area contributed by atoms with Gasteiger partial charge in [-0.2, -0.15) is 0 Å². The monoisotopic (exact) mass is 409 g/mol.